The topological polar surface area (TPSA) is 113 Å². The van der Waals surface area contributed by atoms with Crippen molar-refractivity contribution in [1.82, 2.24) is 14.8 Å². The minimum absolute atomic E-state index is 0.0678. The van der Waals surface area contributed by atoms with E-state index in [0.29, 0.717) is 58.3 Å². The number of hydrogen-bond acceptors (Lipinski definition) is 11. The second kappa shape index (κ2) is 13.2. The zero-order valence-corrected chi connectivity index (χ0v) is 25.6. The standard InChI is InChI=1S/C31H37ClFN7O4/c1-3-43-30(41)44-21-7-4-10-39(17-21)29(34-2)24-15-35-27(22-13-20(32)14-25-23(22)16-37-38-25)26(33)28(24)36-19-42-18-31-8-5-11-40(31)12-6-9-31/h13-16,21,36H,2-12,17-19H2,1H3/b27-22+,29-24+. The number of nitrogens with zero attached hydrogens (tertiary/aromatic N) is 6. The summed E-state index contributed by atoms with van der Waals surface area (Å²) in [6.07, 6.45) is 8.00. The quantitative estimate of drug-likeness (QED) is 0.189. The molecule has 1 unspecified atom stereocenters. The van der Waals surface area contributed by atoms with Gasteiger partial charge in [0.25, 0.3) is 0 Å². The van der Waals surface area contributed by atoms with Crippen molar-refractivity contribution in [2.75, 3.05) is 51.4 Å². The molecule has 0 bridgehead atoms. The molecule has 1 aromatic heterocycles. The Morgan fingerprint density at radius 3 is 2.84 bits per heavy atom. The van der Waals surface area contributed by atoms with E-state index < -0.39 is 18.1 Å². The molecule has 44 heavy (non-hydrogen) atoms. The molecule has 0 saturated carbocycles. The Labute approximate surface area is 259 Å². The molecule has 2 aromatic rings. The van der Waals surface area contributed by atoms with E-state index in [1.165, 1.54) is 12.8 Å². The summed E-state index contributed by atoms with van der Waals surface area (Å²) in [5.41, 5.74) is 0.797. The lowest BCUT2D eigenvalue weighted by Gasteiger charge is -2.33. The van der Waals surface area contributed by atoms with Gasteiger partial charge in [-0.15, -0.1) is 0 Å². The number of halogens is 2. The molecule has 0 spiro atoms. The van der Waals surface area contributed by atoms with Crippen molar-refractivity contribution < 1.29 is 23.4 Å². The second-order valence-electron chi connectivity index (χ2n) is 11.5. The second-order valence-corrected chi connectivity index (χ2v) is 12.0. The average molecular weight is 626 g/mol. The number of aliphatic imine (C=N–C) groups is 1. The summed E-state index contributed by atoms with van der Waals surface area (Å²) in [4.78, 5) is 25.3. The highest BCUT2D eigenvalue weighted by Crippen LogP contribution is 2.38. The van der Waals surface area contributed by atoms with Gasteiger partial charge in [-0.25, -0.2) is 14.2 Å². The molecule has 1 atom stereocenters. The molecule has 0 radical (unpaired) electrons. The van der Waals surface area contributed by atoms with Gasteiger partial charge in [-0.1, -0.05) is 11.6 Å². The van der Waals surface area contributed by atoms with Crippen molar-refractivity contribution in [3.8, 4) is 0 Å². The van der Waals surface area contributed by atoms with Gasteiger partial charge in [-0.3, -0.25) is 9.88 Å². The normalized spacial score (nSPS) is 21.8. The van der Waals surface area contributed by atoms with Crippen LogP contribution in [0.2, 0.25) is 5.02 Å². The zero-order valence-electron chi connectivity index (χ0n) is 24.9. The van der Waals surface area contributed by atoms with Crippen LogP contribution in [0.15, 0.2) is 33.6 Å². The predicted molar refractivity (Wildman–Crippen MR) is 164 cm³/mol. The number of rotatable bonds is 9. The molecule has 234 valence electrons. The molecule has 5 heterocycles. The number of ether oxygens (including phenoxy) is 3. The summed E-state index contributed by atoms with van der Waals surface area (Å²) in [5, 5.41) is 13.3. The molecule has 4 aliphatic heterocycles. The first-order valence-electron chi connectivity index (χ1n) is 15.2. The molecule has 6 rings (SSSR count). The molecule has 1 aromatic carbocycles. The summed E-state index contributed by atoms with van der Waals surface area (Å²) in [7, 11) is 0. The van der Waals surface area contributed by atoms with Crippen LogP contribution < -0.4 is 15.8 Å². The van der Waals surface area contributed by atoms with Gasteiger partial charge in [-0.2, -0.15) is 10.2 Å². The van der Waals surface area contributed by atoms with Crippen molar-refractivity contribution in [3.05, 3.63) is 50.2 Å². The summed E-state index contributed by atoms with van der Waals surface area (Å²) in [6.45, 7) is 9.58. The Morgan fingerprint density at radius 1 is 1.25 bits per heavy atom. The van der Waals surface area contributed by atoms with Crippen LogP contribution in [0.3, 0.4) is 0 Å². The summed E-state index contributed by atoms with van der Waals surface area (Å²) in [6, 6.07) is 3.34. The lowest BCUT2D eigenvalue weighted by Crippen LogP contribution is -2.43. The Kier molecular flexibility index (Phi) is 9.11. The number of azo groups is 1. The third kappa shape index (κ3) is 6.02. The summed E-state index contributed by atoms with van der Waals surface area (Å²) in [5.74, 6) is -0.165. The number of carbonyl (C=O) groups is 1. The maximum Gasteiger partial charge on any atom is 0.508 e. The first-order valence-corrected chi connectivity index (χ1v) is 15.6. The largest absolute Gasteiger partial charge is 0.508 e. The Morgan fingerprint density at radius 2 is 2.07 bits per heavy atom. The lowest BCUT2D eigenvalue weighted by atomic mass is 9.95. The van der Waals surface area contributed by atoms with Gasteiger partial charge in [0.2, 0.25) is 0 Å². The fraction of sp³-hybridized carbons (Fsp3) is 0.516. The Hall–Kier alpha value is -3.61. The van der Waals surface area contributed by atoms with Gasteiger partial charge in [0.1, 0.15) is 24.0 Å². The van der Waals surface area contributed by atoms with Crippen molar-refractivity contribution in [2.24, 2.45) is 15.2 Å². The molecule has 11 nitrogen and oxygen atoms in total. The van der Waals surface area contributed by atoms with Crippen LogP contribution in [-0.2, 0) is 14.2 Å². The highest BCUT2D eigenvalue weighted by molar-refractivity contribution is 6.30. The molecule has 13 heteroatoms. The van der Waals surface area contributed by atoms with Gasteiger partial charge in [0.15, 0.2) is 5.82 Å². The van der Waals surface area contributed by atoms with Gasteiger partial charge >= 0.3 is 6.16 Å². The first-order chi connectivity index (χ1) is 21.4. The third-order valence-corrected chi connectivity index (χ3v) is 9.09. The van der Waals surface area contributed by atoms with Crippen molar-refractivity contribution >= 4 is 47.9 Å². The van der Waals surface area contributed by atoms with Crippen molar-refractivity contribution in [2.45, 2.75) is 57.1 Å². The highest BCUT2D eigenvalue weighted by atomic mass is 35.5. The fourth-order valence-corrected chi connectivity index (χ4v) is 7.09. The maximum atomic E-state index is 16.7. The number of carbonyl (C=O) groups excluding carboxylic acids is 1. The van der Waals surface area contributed by atoms with E-state index in [1.807, 2.05) is 4.90 Å². The SMILES string of the molecule is C=N/C(=c1/cn/c(=c2\cc(Cl)cc3c2=CN=N3)c(F)c1NCOCC12CCCN1CCC2)N1CCCC(OC(=O)OCC)C1. The lowest BCUT2D eigenvalue weighted by molar-refractivity contribution is 0.00537. The van der Waals surface area contributed by atoms with E-state index in [-0.39, 0.29) is 29.9 Å². The Bertz CT molecular complexity index is 1680. The van der Waals surface area contributed by atoms with Crippen LogP contribution >= 0.6 is 11.6 Å². The number of anilines is 1. The fourth-order valence-electron chi connectivity index (χ4n) is 6.88. The number of aromatic nitrogens is 1. The van der Waals surface area contributed by atoms with Crippen LogP contribution in [0.4, 0.5) is 20.6 Å². The van der Waals surface area contributed by atoms with Crippen LogP contribution in [0.25, 0.3) is 12.0 Å². The first kappa shape index (κ1) is 30.4. The number of fused-ring (bicyclic) bond motifs is 2. The molecule has 1 N–H and O–H groups in total. The molecule has 0 amide bonds. The minimum atomic E-state index is -0.712. The maximum absolute atomic E-state index is 16.7. The monoisotopic (exact) mass is 625 g/mol. The number of likely N-dealkylation sites (tertiary alicyclic amines) is 1. The van der Waals surface area contributed by atoms with Crippen LogP contribution in [-0.4, -0.2) is 85.4 Å². The van der Waals surface area contributed by atoms with E-state index in [2.05, 4.69) is 37.1 Å². The van der Waals surface area contributed by atoms with Crippen LogP contribution in [0.1, 0.15) is 45.4 Å². The summed E-state index contributed by atoms with van der Waals surface area (Å²) >= 11 is 6.37. The molecular weight excluding hydrogens is 589 g/mol. The smallest absolute Gasteiger partial charge is 0.435 e. The summed E-state index contributed by atoms with van der Waals surface area (Å²) < 4.78 is 33.3. The molecule has 3 fully saturated rings. The predicted octanol–water partition coefficient (Wildman–Crippen LogP) is 4.41. The van der Waals surface area contributed by atoms with E-state index in [0.717, 1.165) is 32.4 Å². The molecule has 3 saturated heterocycles. The number of pyridine rings is 1. The van der Waals surface area contributed by atoms with Gasteiger partial charge < -0.3 is 24.4 Å². The van der Waals surface area contributed by atoms with Gasteiger partial charge in [0, 0.05) is 33.7 Å². The van der Waals surface area contributed by atoms with Crippen LogP contribution in [0.5, 0.6) is 0 Å². The van der Waals surface area contributed by atoms with E-state index in [4.69, 9.17) is 25.8 Å². The van der Waals surface area contributed by atoms with E-state index in [9.17, 15) is 4.79 Å². The molecule has 0 aliphatic carbocycles. The highest BCUT2D eigenvalue weighted by Gasteiger charge is 2.44. The minimum Gasteiger partial charge on any atom is -0.435 e. The van der Waals surface area contributed by atoms with Gasteiger partial charge in [0.05, 0.1) is 42.6 Å². The van der Waals surface area contributed by atoms with Crippen molar-refractivity contribution in [1.29, 1.82) is 0 Å². The zero-order chi connectivity index (χ0) is 30.7. The van der Waals surface area contributed by atoms with Crippen LogP contribution in [0, 0.1) is 16.4 Å². The average Bonchev–Trinajstić information content (AvgIpc) is 3.73. The van der Waals surface area contributed by atoms with E-state index >= 15 is 4.39 Å². The molecule has 4 aliphatic rings. The third-order valence-electron chi connectivity index (χ3n) is 8.88. The molecular formula is C31H37ClFN7O4. The Balaban J connectivity index is 1.38. The number of benzene rings is 1. The number of hydrogen-bond donors (Lipinski definition) is 1. The van der Waals surface area contributed by atoms with Crippen molar-refractivity contribution in [3.63, 3.8) is 0 Å². The number of piperidine rings is 1. The van der Waals surface area contributed by atoms with E-state index in [1.54, 1.807) is 31.5 Å². The van der Waals surface area contributed by atoms with Gasteiger partial charge in [-0.05, 0) is 77.4 Å². The number of nitrogens with one attached hydrogen (secondary N) is 1.